The molecule has 0 bridgehead atoms. The molecule has 5 nitrogen and oxygen atoms in total. The van der Waals surface area contributed by atoms with Crippen LogP contribution >= 0.6 is 27.7 Å². The van der Waals surface area contributed by atoms with E-state index >= 15 is 0 Å². The maximum atomic E-state index is 12.7. The molecule has 2 aliphatic rings. The van der Waals surface area contributed by atoms with E-state index in [0.29, 0.717) is 23.7 Å². The van der Waals surface area contributed by atoms with Crippen LogP contribution in [0.25, 0.3) is 0 Å². The van der Waals surface area contributed by atoms with Gasteiger partial charge >= 0.3 is 0 Å². The second-order valence-corrected chi connectivity index (χ2v) is 9.47. The quantitative estimate of drug-likeness (QED) is 0.605. The Kier molecular flexibility index (Phi) is 6.63. The predicted octanol–water partition coefficient (Wildman–Crippen LogP) is 4.91. The van der Waals surface area contributed by atoms with Gasteiger partial charge in [-0.2, -0.15) is 5.26 Å². The minimum atomic E-state index is -0.0880. The van der Waals surface area contributed by atoms with Crippen molar-refractivity contribution in [2.24, 2.45) is 0 Å². The number of nitrogens with zero attached hydrogens (tertiary/aromatic N) is 2. The lowest BCUT2D eigenvalue weighted by Gasteiger charge is -2.19. The molecule has 0 spiro atoms. The zero-order valence-electron chi connectivity index (χ0n) is 16.2. The van der Waals surface area contributed by atoms with Gasteiger partial charge < -0.3 is 14.6 Å². The van der Waals surface area contributed by atoms with E-state index in [0.717, 1.165) is 60.1 Å². The van der Waals surface area contributed by atoms with Gasteiger partial charge in [0, 0.05) is 21.7 Å². The molecular weight excluding hydrogens is 450 g/mol. The van der Waals surface area contributed by atoms with Crippen molar-refractivity contribution in [3.05, 3.63) is 45.6 Å². The standard InChI is InChI=1S/C22H24BrN3O2S/c23-15-5-3-7-17(11-15)29-14-21(27)25-22-19(12-24)18-8-1-2-9-20(18)26(22)13-16-6-4-10-28-16/h3,5,7,11,16H,1-2,4,6,8-10,13-14H2,(H,25,27). The summed E-state index contributed by atoms with van der Waals surface area (Å²) in [5.41, 5.74) is 2.96. The number of thioether (sulfide) groups is 1. The third-order valence-electron chi connectivity index (χ3n) is 5.52. The highest BCUT2D eigenvalue weighted by atomic mass is 79.9. The Hall–Kier alpha value is -1.75. The molecule has 0 saturated carbocycles. The van der Waals surface area contributed by atoms with E-state index in [4.69, 9.17) is 4.74 Å². The number of amides is 1. The number of rotatable bonds is 6. The van der Waals surface area contributed by atoms with Gasteiger partial charge in [0.2, 0.25) is 5.91 Å². The highest BCUT2D eigenvalue weighted by molar-refractivity contribution is 9.10. The molecule has 0 radical (unpaired) electrons. The van der Waals surface area contributed by atoms with Crippen LogP contribution < -0.4 is 5.32 Å². The first-order chi connectivity index (χ1) is 14.2. The molecule has 152 valence electrons. The SMILES string of the molecule is N#Cc1c2c(n(CC3CCCO3)c1NC(=O)CSc1cccc(Br)c1)CCCC2. The molecule has 1 unspecified atom stereocenters. The van der Waals surface area contributed by atoms with Crippen molar-refractivity contribution in [2.45, 2.75) is 56.1 Å². The fraction of sp³-hybridized carbons (Fsp3) is 0.455. The fourth-order valence-electron chi connectivity index (χ4n) is 4.19. The highest BCUT2D eigenvalue weighted by Crippen LogP contribution is 2.34. The number of carbonyl (C=O) groups is 1. The van der Waals surface area contributed by atoms with Crippen LogP contribution in [-0.2, 0) is 28.9 Å². The smallest absolute Gasteiger partial charge is 0.235 e. The van der Waals surface area contributed by atoms with Crippen LogP contribution in [0.15, 0.2) is 33.6 Å². The molecule has 1 aliphatic heterocycles. The van der Waals surface area contributed by atoms with E-state index in [2.05, 4.69) is 31.9 Å². The molecule has 4 rings (SSSR count). The average Bonchev–Trinajstić information content (AvgIpc) is 3.34. The number of benzene rings is 1. The normalized spacial score (nSPS) is 18.3. The highest BCUT2D eigenvalue weighted by Gasteiger charge is 2.28. The van der Waals surface area contributed by atoms with E-state index in [-0.39, 0.29) is 12.0 Å². The van der Waals surface area contributed by atoms with Crippen LogP contribution in [0.1, 0.15) is 42.5 Å². The van der Waals surface area contributed by atoms with E-state index in [1.165, 1.54) is 17.5 Å². The Balaban J connectivity index is 1.55. The Labute approximate surface area is 183 Å². The Morgan fingerprint density at radius 1 is 1.34 bits per heavy atom. The molecule has 2 aromatic rings. The van der Waals surface area contributed by atoms with Crippen LogP contribution in [0, 0.1) is 11.3 Å². The Bertz CT molecular complexity index is 944. The van der Waals surface area contributed by atoms with Gasteiger partial charge in [0.15, 0.2) is 0 Å². The summed E-state index contributed by atoms with van der Waals surface area (Å²) in [5, 5.41) is 12.9. The summed E-state index contributed by atoms with van der Waals surface area (Å²) in [6, 6.07) is 10.3. The molecule has 1 aliphatic carbocycles. The van der Waals surface area contributed by atoms with Crippen molar-refractivity contribution >= 4 is 39.4 Å². The summed E-state index contributed by atoms with van der Waals surface area (Å²) >= 11 is 4.95. The molecule has 7 heteroatoms. The van der Waals surface area contributed by atoms with Crippen molar-refractivity contribution < 1.29 is 9.53 Å². The fourth-order valence-corrected chi connectivity index (χ4v) is 5.49. The molecule has 1 amide bonds. The van der Waals surface area contributed by atoms with Crippen LogP contribution in [0.4, 0.5) is 5.82 Å². The van der Waals surface area contributed by atoms with Gasteiger partial charge in [-0.1, -0.05) is 22.0 Å². The van der Waals surface area contributed by atoms with Gasteiger partial charge in [-0.3, -0.25) is 4.79 Å². The van der Waals surface area contributed by atoms with E-state index in [1.54, 1.807) is 0 Å². The Morgan fingerprint density at radius 2 is 2.21 bits per heavy atom. The van der Waals surface area contributed by atoms with Crippen molar-refractivity contribution in [3.8, 4) is 6.07 Å². The molecule has 1 atom stereocenters. The zero-order valence-corrected chi connectivity index (χ0v) is 18.7. The number of anilines is 1. The zero-order chi connectivity index (χ0) is 20.2. The van der Waals surface area contributed by atoms with Crippen molar-refractivity contribution in [2.75, 3.05) is 17.7 Å². The third kappa shape index (κ3) is 4.71. The van der Waals surface area contributed by atoms with Crippen LogP contribution in [-0.4, -0.2) is 28.9 Å². The molecule has 1 aromatic heterocycles. The number of halogens is 1. The van der Waals surface area contributed by atoms with Gasteiger partial charge in [-0.05, 0) is 62.3 Å². The summed E-state index contributed by atoms with van der Waals surface area (Å²) in [5.74, 6) is 0.876. The number of hydrogen-bond donors (Lipinski definition) is 1. The van der Waals surface area contributed by atoms with Gasteiger partial charge in [0.05, 0.1) is 24.0 Å². The maximum Gasteiger partial charge on any atom is 0.235 e. The van der Waals surface area contributed by atoms with Gasteiger partial charge in [0.1, 0.15) is 11.9 Å². The van der Waals surface area contributed by atoms with Crippen molar-refractivity contribution in [3.63, 3.8) is 0 Å². The van der Waals surface area contributed by atoms with E-state index in [9.17, 15) is 10.1 Å². The second-order valence-electron chi connectivity index (χ2n) is 7.51. The first-order valence-electron chi connectivity index (χ1n) is 10.1. The third-order valence-corrected chi connectivity index (χ3v) is 7.01. The maximum absolute atomic E-state index is 12.7. The van der Waals surface area contributed by atoms with Gasteiger partial charge in [-0.25, -0.2) is 0 Å². The molecular formula is C22H24BrN3O2S. The first-order valence-corrected chi connectivity index (χ1v) is 11.9. The first kappa shape index (κ1) is 20.5. The molecule has 29 heavy (non-hydrogen) atoms. The molecule has 1 fully saturated rings. The predicted molar refractivity (Wildman–Crippen MR) is 118 cm³/mol. The lowest BCUT2D eigenvalue weighted by Crippen LogP contribution is -2.23. The molecule has 2 heterocycles. The second kappa shape index (κ2) is 9.38. The molecule has 1 saturated heterocycles. The minimum Gasteiger partial charge on any atom is -0.376 e. The summed E-state index contributed by atoms with van der Waals surface area (Å²) in [4.78, 5) is 13.8. The van der Waals surface area contributed by atoms with Crippen molar-refractivity contribution in [1.29, 1.82) is 5.26 Å². The lowest BCUT2D eigenvalue weighted by molar-refractivity contribution is -0.113. The van der Waals surface area contributed by atoms with Gasteiger partial charge in [-0.15, -0.1) is 11.8 Å². The number of fused-ring (bicyclic) bond motifs is 1. The van der Waals surface area contributed by atoms with Gasteiger partial charge in [0.25, 0.3) is 0 Å². The Morgan fingerprint density at radius 3 is 2.97 bits per heavy atom. The summed E-state index contributed by atoms with van der Waals surface area (Å²) in [6.07, 6.45) is 6.35. The average molecular weight is 474 g/mol. The number of aromatic nitrogens is 1. The molecule has 1 aromatic carbocycles. The van der Waals surface area contributed by atoms with E-state index < -0.39 is 0 Å². The largest absolute Gasteiger partial charge is 0.376 e. The van der Waals surface area contributed by atoms with E-state index in [1.807, 2.05) is 24.3 Å². The van der Waals surface area contributed by atoms with Crippen LogP contribution in [0.3, 0.4) is 0 Å². The van der Waals surface area contributed by atoms with Crippen LogP contribution in [0.5, 0.6) is 0 Å². The summed E-state index contributed by atoms with van der Waals surface area (Å²) < 4.78 is 8.99. The monoisotopic (exact) mass is 473 g/mol. The minimum absolute atomic E-state index is 0.0880. The number of ether oxygens (including phenoxy) is 1. The number of hydrogen-bond acceptors (Lipinski definition) is 4. The number of carbonyl (C=O) groups excluding carboxylic acids is 1. The lowest BCUT2D eigenvalue weighted by atomic mass is 9.95. The summed E-state index contributed by atoms with van der Waals surface area (Å²) in [7, 11) is 0. The summed E-state index contributed by atoms with van der Waals surface area (Å²) in [6.45, 7) is 1.50. The topological polar surface area (TPSA) is 67.1 Å². The van der Waals surface area contributed by atoms with Crippen LogP contribution in [0.2, 0.25) is 0 Å². The number of nitriles is 1. The van der Waals surface area contributed by atoms with Crippen molar-refractivity contribution in [1.82, 2.24) is 4.57 Å². The number of nitrogens with one attached hydrogen (secondary N) is 1. The molecule has 1 N–H and O–H groups in total.